The third kappa shape index (κ3) is 4.28. The van der Waals surface area contributed by atoms with E-state index in [0.29, 0.717) is 13.2 Å². The minimum atomic E-state index is -0.260. The van der Waals surface area contributed by atoms with Gasteiger partial charge in [0.15, 0.2) is 10.8 Å². The van der Waals surface area contributed by atoms with Crippen LogP contribution in [0.3, 0.4) is 0 Å². The van der Waals surface area contributed by atoms with Gasteiger partial charge in [0.1, 0.15) is 0 Å². The molecule has 0 spiro atoms. The summed E-state index contributed by atoms with van der Waals surface area (Å²) in [6, 6.07) is 3.07. The van der Waals surface area contributed by atoms with Crippen molar-refractivity contribution < 1.29 is 9.53 Å². The quantitative estimate of drug-likeness (QED) is 0.778. The molecule has 1 saturated carbocycles. The number of rotatable bonds is 6. The highest BCUT2D eigenvalue weighted by molar-refractivity contribution is 6.29. The van der Waals surface area contributed by atoms with Crippen molar-refractivity contribution in [3.63, 3.8) is 0 Å². The molecule has 0 radical (unpaired) electrons. The zero-order valence-corrected chi connectivity index (χ0v) is 10.1. The first kappa shape index (κ1) is 12.3. The molecule has 1 heterocycles. The molecule has 0 aliphatic heterocycles. The highest BCUT2D eigenvalue weighted by Gasteiger charge is 2.20. The fourth-order valence-corrected chi connectivity index (χ4v) is 1.40. The Labute approximate surface area is 105 Å². The van der Waals surface area contributed by atoms with Crippen LogP contribution in [-0.4, -0.2) is 35.9 Å². The van der Waals surface area contributed by atoms with Crippen molar-refractivity contribution in [1.29, 1.82) is 0 Å². The lowest BCUT2D eigenvalue weighted by atomic mass is 10.3. The molecule has 1 aliphatic carbocycles. The van der Waals surface area contributed by atoms with E-state index in [1.807, 2.05) is 0 Å². The predicted octanol–water partition coefficient (Wildman–Crippen LogP) is 1.29. The molecule has 1 aromatic heterocycles. The van der Waals surface area contributed by atoms with E-state index in [1.165, 1.54) is 25.0 Å². The molecule has 1 N–H and O–H groups in total. The Bertz CT molecular complexity index is 379. The molecule has 1 aliphatic rings. The largest absolute Gasteiger partial charge is 0.379 e. The van der Waals surface area contributed by atoms with E-state index in [1.54, 1.807) is 0 Å². The van der Waals surface area contributed by atoms with E-state index < -0.39 is 0 Å². The molecular formula is C11H14ClN3O2. The van der Waals surface area contributed by atoms with Crippen LogP contribution in [0.4, 0.5) is 0 Å². The van der Waals surface area contributed by atoms with Gasteiger partial charge in [0, 0.05) is 13.2 Å². The molecule has 2 rings (SSSR count). The minimum absolute atomic E-state index is 0.260. The monoisotopic (exact) mass is 255 g/mol. The van der Waals surface area contributed by atoms with Gasteiger partial charge in [-0.2, -0.15) is 0 Å². The van der Waals surface area contributed by atoms with Gasteiger partial charge in [-0.25, -0.2) is 0 Å². The molecule has 5 nitrogen and oxygen atoms in total. The maximum absolute atomic E-state index is 11.6. The van der Waals surface area contributed by atoms with E-state index in [4.69, 9.17) is 16.3 Å². The Balaban J connectivity index is 1.64. The highest BCUT2D eigenvalue weighted by atomic mass is 35.5. The molecule has 0 atom stereocenters. The van der Waals surface area contributed by atoms with E-state index in [-0.39, 0.29) is 16.8 Å². The van der Waals surface area contributed by atoms with Gasteiger partial charge < -0.3 is 10.1 Å². The summed E-state index contributed by atoms with van der Waals surface area (Å²) in [5, 5.41) is 10.3. The number of halogens is 1. The second-order valence-electron chi connectivity index (χ2n) is 4.02. The van der Waals surface area contributed by atoms with Crippen LogP contribution < -0.4 is 5.32 Å². The Morgan fingerprint density at radius 2 is 2.29 bits per heavy atom. The lowest BCUT2D eigenvalue weighted by molar-refractivity contribution is 0.0901. The molecule has 1 aromatic rings. The Morgan fingerprint density at radius 3 is 2.94 bits per heavy atom. The second kappa shape index (κ2) is 5.93. The van der Waals surface area contributed by atoms with Gasteiger partial charge >= 0.3 is 0 Å². The molecular weight excluding hydrogens is 242 g/mol. The summed E-state index contributed by atoms with van der Waals surface area (Å²) in [4.78, 5) is 11.6. The average Bonchev–Trinajstić information content (AvgIpc) is 3.13. The fourth-order valence-electron chi connectivity index (χ4n) is 1.30. The van der Waals surface area contributed by atoms with Crippen LogP contribution in [0.15, 0.2) is 12.1 Å². The summed E-state index contributed by atoms with van der Waals surface area (Å²) in [6.45, 7) is 1.82. The summed E-state index contributed by atoms with van der Waals surface area (Å²) in [5.41, 5.74) is 0.261. The van der Waals surface area contributed by atoms with Crippen molar-refractivity contribution in [2.24, 2.45) is 5.92 Å². The number of carbonyl (C=O) groups excluding carboxylic acids is 1. The van der Waals surface area contributed by atoms with Gasteiger partial charge in [-0.15, -0.1) is 10.2 Å². The van der Waals surface area contributed by atoms with Crippen LogP contribution in [0.5, 0.6) is 0 Å². The first-order chi connectivity index (χ1) is 8.25. The van der Waals surface area contributed by atoms with E-state index in [9.17, 15) is 4.79 Å². The van der Waals surface area contributed by atoms with E-state index in [2.05, 4.69) is 15.5 Å². The number of nitrogens with one attached hydrogen (secondary N) is 1. The van der Waals surface area contributed by atoms with Crippen LogP contribution in [0.1, 0.15) is 23.3 Å². The Morgan fingerprint density at radius 1 is 1.47 bits per heavy atom. The van der Waals surface area contributed by atoms with Crippen molar-refractivity contribution in [1.82, 2.24) is 15.5 Å². The van der Waals surface area contributed by atoms with Gasteiger partial charge in [0.05, 0.1) is 6.61 Å². The van der Waals surface area contributed by atoms with Crippen LogP contribution >= 0.6 is 11.6 Å². The van der Waals surface area contributed by atoms with Gasteiger partial charge in [-0.3, -0.25) is 4.79 Å². The lowest BCUT2D eigenvalue weighted by Crippen LogP contribution is -2.28. The van der Waals surface area contributed by atoms with Crippen molar-refractivity contribution in [2.75, 3.05) is 19.8 Å². The number of hydrogen-bond donors (Lipinski definition) is 1. The third-order valence-corrected chi connectivity index (χ3v) is 2.65. The van der Waals surface area contributed by atoms with Crippen LogP contribution in [0.2, 0.25) is 5.15 Å². The zero-order valence-electron chi connectivity index (χ0n) is 9.36. The first-order valence-electron chi connectivity index (χ1n) is 5.61. The third-order valence-electron chi connectivity index (χ3n) is 2.45. The number of amides is 1. The molecule has 0 aromatic carbocycles. The van der Waals surface area contributed by atoms with Gasteiger partial charge in [0.25, 0.3) is 5.91 Å². The maximum atomic E-state index is 11.6. The fraction of sp³-hybridized carbons (Fsp3) is 0.545. The van der Waals surface area contributed by atoms with Crippen molar-refractivity contribution in [3.05, 3.63) is 23.0 Å². The molecule has 0 saturated heterocycles. The smallest absolute Gasteiger partial charge is 0.271 e. The number of ether oxygens (including phenoxy) is 1. The molecule has 0 unspecified atom stereocenters. The van der Waals surface area contributed by atoms with Crippen molar-refractivity contribution >= 4 is 17.5 Å². The Kier molecular flexibility index (Phi) is 4.28. The van der Waals surface area contributed by atoms with Gasteiger partial charge in [-0.1, -0.05) is 11.6 Å². The number of carbonyl (C=O) groups is 1. The summed E-state index contributed by atoms with van der Waals surface area (Å²) >= 11 is 5.57. The van der Waals surface area contributed by atoms with Crippen LogP contribution in [0, 0.1) is 5.92 Å². The molecule has 1 fully saturated rings. The summed E-state index contributed by atoms with van der Waals surface area (Å²) in [7, 11) is 0. The summed E-state index contributed by atoms with van der Waals surface area (Å²) in [5.74, 6) is 0.483. The van der Waals surface area contributed by atoms with Crippen molar-refractivity contribution in [2.45, 2.75) is 12.8 Å². The van der Waals surface area contributed by atoms with Crippen LogP contribution in [0.25, 0.3) is 0 Å². The highest BCUT2D eigenvalue weighted by Crippen LogP contribution is 2.28. The standard InChI is InChI=1S/C11H14ClN3O2/c12-10-4-3-9(14-15-10)11(16)13-5-6-17-7-8-1-2-8/h3-4,8H,1-2,5-7H2,(H,13,16). The molecule has 0 bridgehead atoms. The summed E-state index contributed by atoms with van der Waals surface area (Å²) < 4.78 is 5.39. The first-order valence-corrected chi connectivity index (χ1v) is 5.98. The van der Waals surface area contributed by atoms with Gasteiger partial charge in [0.2, 0.25) is 0 Å². The SMILES string of the molecule is O=C(NCCOCC1CC1)c1ccc(Cl)nn1. The molecule has 6 heteroatoms. The molecule has 92 valence electrons. The van der Waals surface area contributed by atoms with Gasteiger partial charge in [-0.05, 0) is 30.9 Å². The predicted molar refractivity (Wildman–Crippen MR) is 62.9 cm³/mol. The number of aromatic nitrogens is 2. The van der Waals surface area contributed by atoms with E-state index >= 15 is 0 Å². The zero-order chi connectivity index (χ0) is 12.1. The maximum Gasteiger partial charge on any atom is 0.271 e. The van der Waals surface area contributed by atoms with Crippen LogP contribution in [-0.2, 0) is 4.74 Å². The second-order valence-corrected chi connectivity index (χ2v) is 4.40. The minimum Gasteiger partial charge on any atom is -0.379 e. The van der Waals surface area contributed by atoms with Crippen molar-refractivity contribution in [3.8, 4) is 0 Å². The normalized spacial score (nSPS) is 14.6. The topological polar surface area (TPSA) is 64.1 Å². The Hall–Kier alpha value is -1.20. The number of hydrogen-bond acceptors (Lipinski definition) is 4. The number of nitrogens with zero attached hydrogens (tertiary/aromatic N) is 2. The lowest BCUT2D eigenvalue weighted by Gasteiger charge is -2.05. The molecule has 17 heavy (non-hydrogen) atoms. The average molecular weight is 256 g/mol. The molecule has 1 amide bonds. The van der Waals surface area contributed by atoms with E-state index in [0.717, 1.165) is 12.5 Å². The summed E-state index contributed by atoms with van der Waals surface area (Å²) in [6.07, 6.45) is 2.54.